The molecule has 0 heterocycles. The number of ketones is 1. The molecule has 0 saturated heterocycles. The molecule has 3 unspecified atom stereocenters. The molecule has 0 amide bonds. The predicted octanol–water partition coefficient (Wildman–Crippen LogP) is 1.85. The fourth-order valence-electron chi connectivity index (χ4n) is 2.58. The van der Waals surface area contributed by atoms with Gasteiger partial charge in [0.2, 0.25) is 0 Å². The molecule has 3 atom stereocenters. The Kier molecular flexibility index (Phi) is 2.11. The lowest BCUT2D eigenvalue weighted by Gasteiger charge is -2.44. The molecule has 0 aromatic carbocycles. The van der Waals surface area contributed by atoms with Crippen LogP contribution in [0.2, 0.25) is 0 Å². The Hall–Kier alpha value is -0.890. The maximum absolute atomic E-state index is 11.5. The standard InChI is InChI=1S/C12H16O2/c1-8-7-10(13)11(14)9-5-3-4-6-12(8,9)2/h3-4,7,9,11,14H,5-6H2,1-2H3. The fraction of sp³-hybridized carbons (Fsp3) is 0.583. The van der Waals surface area contributed by atoms with E-state index in [-0.39, 0.29) is 17.1 Å². The summed E-state index contributed by atoms with van der Waals surface area (Å²) in [4.78, 5) is 11.5. The van der Waals surface area contributed by atoms with Crippen LogP contribution in [-0.2, 0) is 4.79 Å². The van der Waals surface area contributed by atoms with Gasteiger partial charge in [0.1, 0.15) is 6.10 Å². The van der Waals surface area contributed by atoms with Gasteiger partial charge < -0.3 is 5.11 Å². The fourth-order valence-corrected chi connectivity index (χ4v) is 2.58. The van der Waals surface area contributed by atoms with E-state index < -0.39 is 6.10 Å². The molecule has 0 radical (unpaired) electrons. The second-order valence-corrected chi connectivity index (χ2v) is 4.61. The Morgan fingerprint density at radius 2 is 2.21 bits per heavy atom. The van der Waals surface area contributed by atoms with Gasteiger partial charge in [0.25, 0.3) is 0 Å². The summed E-state index contributed by atoms with van der Waals surface area (Å²) in [5.74, 6) is -0.0507. The van der Waals surface area contributed by atoms with Crippen LogP contribution in [0.1, 0.15) is 26.7 Å². The average molecular weight is 192 g/mol. The molecule has 0 saturated carbocycles. The first kappa shape index (κ1) is 9.66. The lowest BCUT2D eigenvalue weighted by Crippen LogP contribution is -2.45. The van der Waals surface area contributed by atoms with Gasteiger partial charge in [-0.1, -0.05) is 24.6 Å². The third kappa shape index (κ3) is 1.17. The zero-order valence-corrected chi connectivity index (χ0v) is 8.66. The molecule has 2 aliphatic rings. The Bertz CT molecular complexity index is 327. The topological polar surface area (TPSA) is 37.3 Å². The van der Waals surface area contributed by atoms with Gasteiger partial charge in [0, 0.05) is 5.92 Å². The number of aliphatic hydroxyl groups is 1. The Balaban J connectivity index is 2.45. The molecule has 2 heteroatoms. The summed E-state index contributed by atoms with van der Waals surface area (Å²) < 4.78 is 0. The minimum atomic E-state index is -0.798. The minimum Gasteiger partial charge on any atom is -0.385 e. The van der Waals surface area contributed by atoms with Crippen LogP contribution in [0.4, 0.5) is 0 Å². The lowest BCUT2D eigenvalue weighted by molar-refractivity contribution is -0.129. The summed E-state index contributed by atoms with van der Waals surface area (Å²) in [6.45, 7) is 4.14. The maximum Gasteiger partial charge on any atom is 0.184 e. The van der Waals surface area contributed by atoms with E-state index in [1.54, 1.807) is 6.08 Å². The SMILES string of the molecule is CC1=CC(=O)C(O)C2CC=CCC12C. The van der Waals surface area contributed by atoms with Crippen molar-refractivity contribution in [2.45, 2.75) is 32.8 Å². The Morgan fingerprint density at radius 1 is 1.50 bits per heavy atom. The van der Waals surface area contributed by atoms with Crippen LogP contribution in [-0.4, -0.2) is 17.0 Å². The van der Waals surface area contributed by atoms with E-state index in [4.69, 9.17) is 0 Å². The van der Waals surface area contributed by atoms with Gasteiger partial charge in [-0.15, -0.1) is 0 Å². The third-order valence-corrected chi connectivity index (χ3v) is 3.85. The second-order valence-electron chi connectivity index (χ2n) is 4.61. The van der Waals surface area contributed by atoms with E-state index in [0.717, 1.165) is 18.4 Å². The van der Waals surface area contributed by atoms with Gasteiger partial charge in [-0.2, -0.15) is 0 Å². The summed E-state index contributed by atoms with van der Waals surface area (Å²) in [6, 6.07) is 0. The molecule has 1 N–H and O–H groups in total. The number of hydrogen-bond donors (Lipinski definition) is 1. The molecule has 0 fully saturated rings. The Morgan fingerprint density at radius 3 is 2.93 bits per heavy atom. The van der Waals surface area contributed by atoms with Crippen LogP contribution in [0, 0.1) is 11.3 Å². The van der Waals surface area contributed by atoms with Crippen molar-refractivity contribution >= 4 is 5.78 Å². The molecule has 0 aromatic heterocycles. The van der Waals surface area contributed by atoms with Crippen molar-refractivity contribution < 1.29 is 9.90 Å². The van der Waals surface area contributed by atoms with Gasteiger partial charge in [-0.05, 0) is 31.3 Å². The van der Waals surface area contributed by atoms with E-state index >= 15 is 0 Å². The number of carbonyl (C=O) groups is 1. The summed E-state index contributed by atoms with van der Waals surface area (Å²) >= 11 is 0. The van der Waals surface area contributed by atoms with Gasteiger partial charge in [0.15, 0.2) is 5.78 Å². The molecular weight excluding hydrogens is 176 g/mol. The van der Waals surface area contributed by atoms with Crippen LogP contribution in [0.15, 0.2) is 23.8 Å². The van der Waals surface area contributed by atoms with E-state index in [0.29, 0.717) is 0 Å². The van der Waals surface area contributed by atoms with Crippen LogP contribution in [0.5, 0.6) is 0 Å². The monoisotopic (exact) mass is 192 g/mol. The van der Waals surface area contributed by atoms with Crippen LogP contribution < -0.4 is 0 Å². The summed E-state index contributed by atoms with van der Waals surface area (Å²) in [7, 11) is 0. The van der Waals surface area contributed by atoms with Crippen molar-refractivity contribution in [3.8, 4) is 0 Å². The molecule has 0 aliphatic heterocycles. The molecule has 0 aromatic rings. The van der Waals surface area contributed by atoms with Crippen LogP contribution in [0.3, 0.4) is 0 Å². The van der Waals surface area contributed by atoms with Gasteiger partial charge in [-0.3, -0.25) is 4.79 Å². The highest BCUT2D eigenvalue weighted by Gasteiger charge is 2.45. The van der Waals surface area contributed by atoms with E-state index in [1.165, 1.54) is 0 Å². The van der Waals surface area contributed by atoms with E-state index in [2.05, 4.69) is 19.1 Å². The van der Waals surface area contributed by atoms with Gasteiger partial charge in [0.05, 0.1) is 0 Å². The smallest absolute Gasteiger partial charge is 0.184 e. The molecule has 0 spiro atoms. The molecule has 2 nitrogen and oxygen atoms in total. The van der Waals surface area contributed by atoms with Crippen molar-refractivity contribution in [2.75, 3.05) is 0 Å². The zero-order chi connectivity index (χ0) is 10.3. The molecule has 2 rings (SSSR count). The number of fused-ring (bicyclic) bond motifs is 1. The first-order valence-corrected chi connectivity index (χ1v) is 5.11. The lowest BCUT2D eigenvalue weighted by atomic mass is 9.60. The third-order valence-electron chi connectivity index (χ3n) is 3.85. The highest BCUT2D eigenvalue weighted by atomic mass is 16.3. The van der Waals surface area contributed by atoms with Crippen molar-refractivity contribution in [2.24, 2.45) is 11.3 Å². The summed E-state index contributed by atoms with van der Waals surface area (Å²) in [5.41, 5.74) is 1.10. The van der Waals surface area contributed by atoms with Crippen LogP contribution >= 0.6 is 0 Å². The molecule has 2 aliphatic carbocycles. The highest BCUT2D eigenvalue weighted by Crippen LogP contribution is 2.47. The first-order valence-electron chi connectivity index (χ1n) is 5.11. The Labute approximate surface area is 84.3 Å². The average Bonchev–Trinajstić information content (AvgIpc) is 2.15. The van der Waals surface area contributed by atoms with Crippen LogP contribution in [0.25, 0.3) is 0 Å². The molecule has 14 heavy (non-hydrogen) atoms. The zero-order valence-electron chi connectivity index (χ0n) is 8.66. The minimum absolute atomic E-state index is 0.0118. The summed E-state index contributed by atoms with van der Waals surface area (Å²) in [6.07, 6.45) is 6.78. The number of rotatable bonds is 0. The van der Waals surface area contributed by atoms with Gasteiger partial charge >= 0.3 is 0 Å². The normalized spacial score (nSPS) is 41.9. The quantitative estimate of drug-likeness (QED) is 0.595. The first-order chi connectivity index (χ1) is 6.55. The number of aliphatic hydroxyl groups excluding tert-OH is 1. The molecule has 0 bridgehead atoms. The van der Waals surface area contributed by atoms with Crippen molar-refractivity contribution in [3.05, 3.63) is 23.8 Å². The van der Waals surface area contributed by atoms with Crippen molar-refractivity contribution in [1.82, 2.24) is 0 Å². The van der Waals surface area contributed by atoms with Gasteiger partial charge in [-0.25, -0.2) is 0 Å². The van der Waals surface area contributed by atoms with Crippen molar-refractivity contribution in [3.63, 3.8) is 0 Å². The van der Waals surface area contributed by atoms with E-state index in [1.807, 2.05) is 6.92 Å². The number of hydrogen-bond acceptors (Lipinski definition) is 2. The van der Waals surface area contributed by atoms with Crippen molar-refractivity contribution in [1.29, 1.82) is 0 Å². The highest BCUT2D eigenvalue weighted by molar-refractivity contribution is 5.95. The number of allylic oxidation sites excluding steroid dienone is 3. The second kappa shape index (κ2) is 3.06. The summed E-state index contributed by atoms with van der Waals surface area (Å²) in [5, 5.41) is 9.83. The maximum atomic E-state index is 11.5. The predicted molar refractivity (Wildman–Crippen MR) is 54.7 cm³/mol. The number of carbonyl (C=O) groups excluding carboxylic acids is 1. The molecule has 76 valence electrons. The largest absolute Gasteiger partial charge is 0.385 e. The molecular formula is C12H16O2. The van der Waals surface area contributed by atoms with E-state index in [9.17, 15) is 9.90 Å².